The molecule has 108 valence electrons. The van der Waals surface area contributed by atoms with Crippen molar-refractivity contribution in [2.75, 3.05) is 0 Å². The number of fused-ring (bicyclic) bond motifs is 1. The highest BCUT2D eigenvalue weighted by molar-refractivity contribution is 5.82. The Morgan fingerprint density at radius 1 is 1.10 bits per heavy atom. The fraction of sp³-hybridized carbons (Fsp3) is 0.200. The van der Waals surface area contributed by atoms with E-state index in [1.165, 1.54) is 11.6 Å². The standard InChI is InChI=1S/C15H15N3O3/c1-17-12-7-11(10-5-3-9(8-19)4-6-10)16-13(12)14(20)18(2)15(17)21/h3-7,16,19H,8H2,1-2H3. The number of aromatic amines is 1. The number of hydrogen-bond acceptors (Lipinski definition) is 3. The summed E-state index contributed by atoms with van der Waals surface area (Å²) in [5.74, 6) is 0. The molecule has 1 aromatic carbocycles. The molecule has 2 N–H and O–H groups in total. The van der Waals surface area contributed by atoms with Crippen molar-refractivity contribution in [1.82, 2.24) is 14.1 Å². The summed E-state index contributed by atoms with van der Waals surface area (Å²) in [6.07, 6.45) is 0. The molecule has 0 aliphatic rings. The molecule has 3 aromatic rings. The van der Waals surface area contributed by atoms with E-state index in [0.29, 0.717) is 11.0 Å². The smallest absolute Gasteiger partial charge is 0.331 e. The van der Waals surface area contributed by atoms with Crippen LogP contribution in [0, 0.1) is 0 Å². The van der Waals surface area contributed by atoms with Crippen molar-refractivity contribution >= 4 is 11.0 Å². The topological polar surface area (TPSA) is 80.0 Å². The van der Waals surface area contributed by atoms with Crippen LogP contribution in [0.1, 0.15) is 5.56 Å². The van der Waals surface area contributed by atoms with Crippen LogP contribution in [0.25, 0.3) is 22.3 Å². The monoisotopic (exact) mass is 285 g/mol. The maximum Gasteiger partial charge on any atom is 0.331 e. The first-order chi connectivity index (χ1) is 10.0. The van der Waals surface area contributed by atoms with Gasteiger partial charge in [-0.1, -0.05) is 24.3 Å². The third kappa shape index (κ3) is 2.00. The number of rotatable bonds is 2. The van der Waals surface area contributed by atoms with Gasteiger partial charge in [0.15, 0.2) is 0 Å². The average molecular weight is 285 g/mol. The first kappa shape index (κ1) is 13.4. The van der Waals surface area contributed by atoms with Crippen LogP contribution < -0.4 is 11.2 Å². The second-order valence-corrected chi connectivity index (χ2v) is 5.00. The van der Waals surface area contributed by atoms with Gasteiger partial charge in [0.2, 0.25) is 0 Å². The van der Waals surface area contributed by atoms with Crippen molar-refractivity contribution in [3.05, 3.63) is 56.7 Å². The normalized spacial score (nSPS) is 11.2. The first-order valence-corrected chi connectivity index (χ1v) is 6.52. The Hall–Kier alpha value is -2.60. The Balaban J connectivity index is 2.26. The highest BCUT2D eigenvalue weighted by atomic mass is 16.3. The predicted molar refractivity (Wildman–Crippen MR) is 80.1 cm³/mol. The van der Waals surface area contributed by atoms with E-state index < -0.39 is 0 Å². The molecule has 0 aliphatic heterocycles. The van der Waals surface area contributed by atoms with Gasteiger partial charge in [-0.25, -0.2) is 4.79 Å². The fourth-order valence-corrected chi connectivity index (χ4v) is 2.40. The van der Waals surface area contributed by atoms with Crippen LogP contribution >= 0.6 is 0 Å². The SMILES string of the molecule is Cn1c(=O)c2[nH]c(-c3ccc(CO)cc3)cc2n(C)c1=O. The van der Waals surface area contributed by atoms with Crippen LogP contribution in [0.3, 0.4) is 0 Å². The lowest BCUT2D eigenvalue weighted by Gasteiger charge is -2.02. The Morgan fingerprint density at radius 3 is 2.38 bits per heavy atom. The number of aryl methyl sites for hydroxylation is 1. The molecule has 2 aromatic heterocycles. The van der Waals surface area contributed by atoms with Gasteiger partial charge in [-0.15, -0.1) is 0 Å². The third-order valence-corrected chi connectivity index (χ3v) is 3.70. The lowest BCUT2D eigenvalue weighted by Crippen LogP contribution is -2.36. The van der Waals surface area contributed by atoms with E-state index in [1.54, 1.807) is 13.1 Å². The van der Waals surface area contributed by atoms with E-state index in [2.05, 4.69) is 4.98 Å². The first-order valence-electron chi connectivity index (χ1n) is 6.52. The van der Waals surface area contributed by atoms with Crippen molar-refractivity contribution in [3.8, 4) is 11.3 Å². The van der Waals surface area contributed by atoms with Crippen LogP contribution in [0.5, 0.6) is 0 Å². The molecule has 0 saturated heterocycles. The molecule has 6 heteroatoms. The van der Waals surface area contributed by atoms with E-state index >= 15 is 0 Å². The number of nitrogens with one attached hydrogen (secondary N) is 1. The van der Waals surface area contributed by atoms with E-state index in [0.717, 1.165) is 21.4 Å². The summed E-state index contributed by atoms with van der Waals surface area (Å²) in [6, 6.07) is 9.14. The molecule has 0 saturated carbocycles. The van der Waals surface area contributed by atoms with Crippen molar-refractivity contribution in [1.29, 1.82) is 0 Å². The molecule has 6 nitrogen and oxygen atoms in total. The largest absolute Gasteiger partial charge is 0.392 e. The Kier molecular flexibility index (Phi) is 3.03. The van der Waals surface area contributed by atoms with Crippen molar-refractivity contribution < 1.29 is 5.11 Å². The second-order valence-electron chi connectivity index (χ2n) is 5.00. The molecule has 0 aliphatic carbocycles. The Bertz CT molecular complexity index is 930. The van der Waals surface area contributed by atoms with Crippen molar-refractivity contribution in [2.24, 2.45) is 14.1 Å². The zero-order chi connectivity index (χ0) is 15.1. The van der Waals surface area contributed by atoms with Gasteiger partial charge in [-0.3, -0.25) is 13.9 Å². The zero-order valence-electron chi connectivity index (χ0n) is 11.8. The van der Waals surface area contributed by atoms with Crippen LogP contribution in [-0.4, -0.2) is 19.2 Å². The summed E-state index contributed by atoms with van der Waals surface area (Å²) < 4.78 is 2.52. The van der Waals surface area contributed by atoms with Gasteiger partial charge in [-0.05, 0) is 17.2 Å². The van der Waals surface area contributed by atoms with E-state index in [1.807, 2.05) is 24.3 Å². The van der Waals surface area contributed by atoms with E-state index in [4.69, 9.17) is 5.11 Å². The molecule has 0 bridgehead atoms. The summed E-state index contributed by atoms with van der Waals surface area (Å²) >= 11 is 0. The number of aromatic nitrogens is 3. The minimum absolute atomic E-state index is 0.0119. The summed E-state index contributed by atoms with van der Waals surface area (Å²) in [6.45, 7) is -0.0119. The highest BCUT2D eigenvalue weighted by Gasteiger charge is 2.12. The van der Waals surface area contributed by atoms with Crippen LogP contribution in [-0.2, 0) is 20.7 Å². The summed E-state index contributed by atoms with van der Waals surface area (Å²) in [5, 5.41) is 9.06. The lowest BCUT2D eigenvalue weighted by molar-refractivity contribution is 0.282. The zero-order valence-corrected chi connectivity index (χ0v) is 11.8. The minimum Gasteiger partial charge on any atom is -0.392 e. The molecule has 0 unspecified atom stereocenters. The van der Waals surface area contributed by atoms with Crippen molar-refractivity contribution in [2.45, 2.75) is 6.61 Å². The van der Waals surface area contributed by atoms with Gasteiger partial charge in [0.05, 0.1) is 12.1 Å². The van der Waals surface area contributed by atoms with Gasteiger partial charge >= 0.3 is 5.69 Å². The predicted octanol–water partition coefficient (Wildman–Crippen LogP) is 0.725. The summed E-state index contributed by atoms with van der Waals surface area (Å²) in [7, 11) is 3.09. The third-order valence-electron chi connectivity index (χ3n) is 3.70. The van der Waals surface area contributed by atoms with Gasteiger partial charge < -0.3 is 10.1 Å². The summed E-state index contributed by atoms with van der Waals surface area (Å²) in [5.41, 5.74) is 2.74. The van der Waals surface area contributed by atoms with Crippen LogP contribution in [0.2, 0.25) is 0 Å². The summed E-state index contributed by atoms with van der Waals surface area (Å²) in [4.78, 5) is 27.1. The van der Waals surface area contributed by atoms with Crippen LogP contribution in [0.4, 0.5) is 0 Å². The van der Waals surface area contributed by atoms with E-state index in [-0.39, 0.29) is 17.9 Å². The number of nitrogens with zero attached hydrogens (tertiary/aromatic N) is 2. The quantitative estimate of drug-likeness (QED) is 0.728. The Labute approximate surface area is 119 Å². The number of benzene rings is 1. The maximum absolute atomic E-state index is 12.1. The molecular formula is C15H15N3O3. The minimum atomic E-state index is -0.353. The van der Waals surface area contributed by atoms with Crippen LogP contribution in [0.15, 0.2) is 39.9 Å². The lowest BCUT2D eigenvalue weighted by atomic mass is 10.1. The highest BCUT2D eigenvalue weighted by Crippen LogP contribution is 2.22. The number of aliphatic hydroxyl groups is 1. The van der Waals surface area contributed by atoms with Gasteiger partial charge in [-0.2, -0.15) is 0 Å². The van der Waals surface area contributed by atoms with Crippen molar-refractivity contribution in [3.63, 3.8) is 0 Å². The fourth-order valence-electron chi connectivity index (χ4n) is 2.40. The van der Waals surface area contributed by atoms with E-state index in [9.17, 15) is 9.59 Å². The van der Waals surface area contributed by atoms with Gasteiger partial charge in [0.1, 0.15) is 5.52 Å². The Morgan fingerprint density at radius 2 is 1.76 bits per heavy atom. The molecule has 2 heterocycles. The molecule has 0 radical (unpaired) electrons. The van der Waals surface area contributed by atoms with Gasteiger partial charge in [0, 0.05) is 19.8 Å². The molecule has 3 rings (SSSR count). The number of H-pyrrole nitrogens is 1. The second kappa shape index (κ2) is 4.75. The molecule has 21 heavy (non-hydrogen) atoms. The maximum atomic E-state index is 12.1. The molecule has 0 amide bonds. The molecule has 0 fully saturated rings. The average Bonchev–Trinajstić information content (AvgIpc) is 2.96. The van der Waals surface area contributed by atoms with Gasteiger partial charge in [0.25, 0.3) is 5.56 Å². The molecule has 0 atom stereocenters. The number of hydrogen-bond donors (Lipinski definition) is 2. The molecule has 0 spiro atoms. The molecular weight excluding hydrogens is 270 g/mol. The number of aliphatic hydroxyl groups excluding tert-OH is 1.